The highest BCUT2D eigenvalue weighted by molar-refractivity contribution is 4.88. The van der Waals surface area contributed by atoms with Crippen LogP contribution < -0.4 is 5.73 Å². The fourth-order valence-corrected chi connectivity index (χ4v) is 3.26. The summed E-state index contributed by atoms with van der Waals surface area (Å²) in [6.07, 6.45) is 0.993. The van der Waals surface area contributed by atoms with E-state index in [1.165, 1.54) is 0 Å². The van der Waals surface area contributed by atoms with E-state index < -0.39 is 12.2 Å². The van der Waals surface area contributed by atoms with E-state index in [1.54, 1.807) is 0 Å². The maximum atomic E-state index is 9.89. The molecule has 2 aliphatic rings. The number of hydrogen-bond donors (Lipinski definition) is 3. The third-order valence-corrected chi connectivity index (χ3v) is 4.70. The Morgan fingerprint density at radius 1 is 1.21 bits per heavy atom. The van der Waals surface area contributed by atoms with Crippen molar-refractivity contribution in [2.24, 2.45) is 11.7 Å². The molecule has 0 aromatic heterocycles. The Morgan fingerprint density at radius 3 is 2.42 bits per heavy atom. The van der Waals surface area contributed by atoms with Gasteiger partial charge in [-0.25, -0.2) is 0 Å². The summed E-state index contributed by atoms with van der Waals surface area (Å²) in [6, 6.07) is 0.789. The number of aliphatic hydroxyl groups excluding tert-OH is 2. The van der Waals surface area contributed by atoms with Crippen LogP contribution in [-0.4, -0.2) is 77.0 Å². The Hall–Kier alpha value is -0.200. The van der Waals surface area contributed by atoms with Crippen molar-refractivity contribution >= 4 is 0 Å². The molecule has 4 atom stereocenters. The van der Waals surface area contributed by atoms with Gasteiger partial charge in [-0.15, -0.1) is 0 Å². The zero-order chi connectivity index (χ0) is 14.0. The molecule has 5 heteroatoms. The molecule has 0 amide bonds. The number of hydrogen-bond acceptors (Lipinski definition) is 5. The molecule has 112 valence electrons. The first-order valence-corrected chi connectivity index (χ1v) is 7.55. The van der Waals surface area contributed by atoms with Crippen LogP contribution in [0.3, 0.4) is 0 Å². The highest BCUT2D eigenvalue weighted by Gasteiger charge is 2.34. The Labute approximate surface area is 116 Å². The van der Waals surface area contributed by atoms with Crippen LogP contribution in [0.5, 0.6) is 0 Å². The highest BCUT2D eigenvalue weighted by atomic mass is 16.3. The van der Waals surface area contributed by atoms with E-state index in [1.807, 2.05) is 6.92 Å². The maximum absolute atomic E-state index is 9.89. The third kappa shape index (κ3) is 3.89. The summed E-state index contributed by atoms with van der Waals surface area (Å²) >= 11 is 0. The van der Waals surface area contributed by atoms with Crippen molar-refractivity contribution in [3.05, 3.63) is 0 Å². The average Bonchev–Trinajstić information content (AvgIpc) is 2.38. The van der Waals surface area contributed by atoms with Gasteiger partial charge in [0.2, 0.25) is 0 Å². The third-order valence-electron chi connectivity index (χ3n) is 4.70. The topological polar surface area (TPSA) is 73.0 Å². The maximum Gasteiger partial charge on any atom is 0.0928 e. The summed E-state index contributed by atoms with van der Waals surface area (Å²) in [4.78, 5) is 4.77. The second-order valence-corrected chi connectivity index (χ2v) is 6.48. The largest absolute Gasteiger partial charge is 0.390 e. The molecule has 0 bridgehead atoms. The summed E-state index contributed by atoms with van der Waals surface area (Å²) in [5.74, 6) is 0.140. The first-order chi connectivity index (χ1) is 8.97. The lowest BCUT2D eigenvalue weighted by molar-refractivity contribution is -0.0799. The van der Waals surface area contributed by atoms with Crippen molar-refractivity contribution in [3.63, 3.8) is 0 Å². The normalized spacial score (nSPS) is 37.4. The molecule has 0 radical (unpaired) electrons. The van der Waals surface area contributed by atoms with Gasteiger partial charge in [0.05, 0.1) is 12.2 Å². The van der Waals surface area contributed by atoms with Crippen molar-refractivity contribution in [2.75, 3.05) is 32.7 Å². The molecule has 0 aromatic rings. The predicted octanol–water partition coefficient (Wildman–Crippen LogP) is -0.528. The Balaban J connectivity index is 1.81. The molecule has 5 nitrogen and oxygen atoms in total. The van der Waals surface area contributed by atoms with Crippen LogP contribution in [0.15, 0.2) is 0 Å². The lowest BCUT2D eigenvalue weighted by atomic mass is 9.93. The van der Waals surface area contributed by atoms with Gasteiger partial charge in [0.1, 0.15) is 0 Å². The van der Waals surface area contributed by atoms with Gasteiger partial charge >= 0.3 is 0 Å². The van der Waals surface area contributed by atoms with Gasteiger partial charge in [-0.2, -0.15) is 0 Å². The summed E-state index contributed by atoms with van der Waals surface area (Å²) in [7, 11) is 0. The molecule has 0 saturated carbocycles. The van der Waals surface area contributed by atoms with Crippen molar-refractivity contribution in [1.82, 2.24) is 9.80 Å². The fourth-order valence-electron chi connectivity index (χ4n) is 3.26. The molecule has 2 fully saturated rings. The van der Waals surface area contributed by atoms with E-state index in [4.69, 9.17) is 5.73 Å². The SMILES string of the molecule is C[C@H]1CN([C@@H](C)CN2CCC(N)CC2)C[C@H](O)[C@@H]1O. The van der Waals surface area contributed by atoms with Crippen molar-refractivity contribution < 1.29 is 10.2 Å². The second kappa shape index (κ2) is 6.50. The molecule has 0 aromatic carbocycles. The monoisotopic (exact) mass is 271 g/mol. The lowest BCUT2D eigenvalue weighted by Gasteiger charge is -2.43. The predicted molar refractivity (Wildman–Crippen MR) is 75.9 cm³/mol. The number of nitrogens with two attached hydrogens (primary N) is 1. The fraction of sp³-hybridized carbons (Fsp3) is 1.00. The summed E-state index contributed by atoms with van der Waals surface area (Å²) < 4.78 is 0. The zero-order valence-electron chi connectivity index (χ0n) is 12.2. The van der Waals surface area contributed by atoms with Gasteiger partial charge in [-0.05, 0) is 38.8 Å². The van der Waals surface area contributed by atoms with Crippen LogP contribution >= 0.6 is 0 Å². The molecule has 0 spiro atoms. The molecular weight excluding hydrogens is 242 g/mol. The number of piperidine rings is 2. The summed E-state index contributed by atoms with van der Waals surface area (Å²) in [5, 5.41) is 19.7. The van der Waals surface area contributed by atoms with Crippen molar-refractivity contribution in [2.45, 2.75) is 51.0 Å². The minimum absolute atomic E-state index is 0.140. The van der Waals surface area contributed by atoms with E-state index in [0.29, 0.717) is 18.6 Å². The van der Waals surface area contributed by atoms with E-state index in [9.17, 15) is 10.2 Å². The Bertz CT molecular complexity index is 270. The molecule has 0 aliphatic carbocycles. The highest BCUT2D eigenvalue weighted by Crippen LogP contribution is 2.20. The van der Waals surface area contributed by atoms with E-state index >= 15 is 0 Å². The number of nitrogens with zero attached hydrogens (tertiary/aromatic N) is 2. The smallest absolute Gasteiger partial charge is 0.0928 e. The van der Waals surface area contributed by atoms with Crippen LogP contribution in [0.4, 0.5) is 0 Å². The number of rotatable bonds is 3. The van der Waals surface area contributed by atoms with Crippen LogP contribution in [0.2, 0.25) is 0 Å². The second-order valence-electron chi connectivity index (χ2n) is 6.48. The Kier molecular flexibility index (Phi) is 5.20. The molecule has 19 heavy (non-hydrogen) atoms. The van der Waals surface area contributed by atoms with Gasteiger partial charge < -0.3 is 20.8 Å². The molecule has 0 unspecified atom stereocenters. The minimum Gasteiger partial charge on any atom is -0.390 e. The van der Waals surface area contributed by atoms with Gasteiger partial charge in [0, 0.05) is 31.7 Å². The first kappa shape index (κ1) is 15.2. The van der Waals surface area contributed by atoms with Crippen LogP contribution in [-0.2, 0) is 0 Å². The zero-order valence-corrected chi connectivity index (χ0v) is 12.2. The number of aliphatic hydroxyl groups is 2. The molecule has 2 heterocycles. The van der Waals surface area contributed by atoms with Gasteiger partial charge in [-0.3, -0.25) is 4.90 Å². The summed E-state index contributed by atoms with van der Waals surface area (Å²) in [5.41, 5.74) is 5.92. The molecule has 2 rings (SSSR count). The minimum atomic E-state index is -0.610. The van der Waals surface area contributed by atoms with Crippen molar-refractivity contribution in [1.29, 1.82) is 0 Å². The molecule has 4 N–H and O–H groups in total. The lowest BCUT2D eigenvalue weighted by Crippen LogP contribution is -2.56. The quantitative estimate of drug-likeness (QED) is 0.644. The van der Waals surface area contributed by atoms with Crippen LogP contribution in [0.25, 0.3) is 0 Å². The van der Waals surface area contributed by atoms with Crippen LogP contribution in [0.1, 0.15) is 26.7 Å². The number of β-amino-alcohol motifs (C(OH)–C–C–N with tert-alkyl or cyclic N) is 1. The standard InChI is InChI=1S/C14H29N3O2/c1-10-7-17(9-13(18)14(10)19)11(2)8-16-5-3-12(15)4-6-16/h10-14,18-19H,3-9,15H2,1-2H3/t10-,11-,13-,14+/m0/s1. The summed E-state index contributed by atoms with van der Waals surface area (Å²) in [6.45, 7) is 8.87. The van der Waals surface area contributed by atoms with E-state index in [-0.39, 0.29) is 5.92 Å². The molecular formula is C14H29N3O2. The first-order valence-electron chi connectivity index (χ1n) is 7.55. The molecule has 2 saturated heterocycles. The van der Waals surface area contributed by atoms with Crippen molar-refractivity contribution in [3.8, 4) is 0 Å². The van der Waals surface area contributed by atoms with Gasteiger partial charge in [-0.1, -0.05) is 6.92 Å². The molecule has 2 aliphatic heterocycles. The van der Waals surface area contributed by atoms with Gasteiger partial charge in [0.15, 0.2) is 0 Å². The van der Waals surface area contributed by atoms with Gasteiger partial charge in [0.25, 0.3) is 0 Å². The van der Waals surface area contributed by atoms with Crippen LogP contribution in [0, 0.1) is 5.92 Å². The van der Waals surface area contributed by atoms with E-state index in [2.05, 4.69) is 16.7 Å². The Morgan fingerprint density at radius 2 is 1.84 bits per heavy atom. The number of likely N-dealkylation sites (tertiary alicyclic amines) is 2. The van der Waals surface area contributed by atoms with E-state index in [0.717, 1.165) is 39.0 Å². The average molecular weight is 271 g/mol.